The first-order valence-electron chi connectivity index (χ1n) is 4.61. The molecule has 0 bridgehead atoms. The van der Waals surface area contributed by atoms with Crippen molar-refractivity contribution in [2.45, 2.75) is 20.8 Å². The maximum Gasteiger partial charge on any atom is 0.170 e. The van der Waals surface area contributed by atoms with Gasteiger partial charge in [0.2, 0.25) is 0 Å². The van der Waals surface area contributed by atoms with Gasteiger partial charge >= 0.3 is 0 Å². The van der Waals surface area contributed by atoms with E-state index in [1.54, 1.807) is 0 Å². The minimum atomic E-state index is 0.649. The summed E-state index contributed by atoms with van der Waals surface area (Å²) >= 11 is 5.05. The third-order valence-corrected chi connectivity index (χ3v) is 2.62. The number of aryl methyl sites for hydroxylation is 3. The van der Waals surface area contributed by atoms with E-state index in [2.05, 4.69) is 43.5 Å². The molecule has 0 amide bonds. The molecule has 2 N–H and O–H groups in total. The summed E-state index contributed by atoms with van der Waals surface area (Å²) in [4.78, 5) is 0. The number of nitrogens with one attached hydrogen (secondary N) is 2. The van der Waals surface area contributed by atoms with Crippen LogP contribution in [0.2, 0.25) is 0 Å². The lowest BCUT2D eigenvalue weighted by Gasteiger charge is -2.12. The van der Waals surface area contributed by atoms with Gasteiger partial charge in [-0.25, -0.2) is 0 Å². The van der Waals surface area contributed by atoms with Crippen LogP contribution in [0.4, 0.5) is 5.69 Å². The molecule has 0 aliphatic heterocycles. The van der Waals surface area contributed by atoms with Crippen molar-refractivity contribution in [3.05, 3.63) is 28.8 Å². The van der Waals surface area contributed by atoms with Crippen molar-refractivity contribution in [3.8, 4) is 0 Å². The summed E-state index contributed by atoms with van der Waals surface area (Å²) in [6.07, 6.45) is 0. The number of benzene rings is 1. The summed E-state index contributed by atoms with van der Waals surface area (Å²) in [5, 5.41) is 6.69. The number of anilines is 1. The van der Waals surface area contributed by atoms with Crippen molar-refractivity contribution >= 4 is 23.0 Å². The van der Waals surface area contributed by atoms with Crippen LogP contribution in [0.1, 0.15) is 16.7 Å². The molecule has 0 aliphatic carbocycles. The van der Waals surface area contributed by atoms with Gasteiger partial charge in [0.05, 0.1) is 0 Å². The highest BCUT2D eigenvalue weighted by atomic mass is 32.1. The largest absolute Gasteiger partial charge is 0.366 e. The third kappa shape index (κ3) is 2.45. The molecule has 76 valence electrons. The van der Waals surface area contributed by atoms with Crippen molar-refractivity contribution < 1.29 is 0 Å². The summed E-state index contributed by atoms with van der Waals surface area (Å²) in [5.74, 6) is 0. The van der Waals surface area contributed by atoms with Crippen molar-refractivity contribution in [3.63, 3.8) is 0 Å². The van der Waals surface area contributed by atoms with E-state index in [0.717, 1.165) is 5.69 Å². The van der Waals surface area contributed by atoms with Gasteiger partial charge in [0, 0.05) is 12.7 Å². The second-order valence-corrected chi connectivity index (χ2v) is 3.86. The Labute approximate surface area is 90.7 Å². The molecule has 0 atom stereocenters. The molecule has 0 fully saturated rings. The number of rotatable bonds is 1. The average Bonchev–Trinajstić information content (AvgIpc) is 2.14. The van der Waals surface area contributed by atoms with E-state index in [1.165, 1.54) is 16.7 Å². The van der Waals surface area contributed by atoms with Crippen LogP contribution in [0.15, 0.2) is 12.1 Å². The number of hydrogen-bond acceptors (Lipinski definition) is 1. The van der Waals surface area contributed by atoms with Gasteiger partial charge in [0.1, 0.15) is 0 Å². The Morgan fingerprint density at radius 2 is 1.64 bits per heavy atom. The predicted molar refractivity (Wildman–Crippen MR) is 65.9 cm³/mol. The van der Waals surface area contributed by atoms with Crippen molar-refractivity contribution in [1.29, 1.82) is 0 Å². The van der Waals surface area contributed by atoms with Gasteiger partial charge in [-0.15, -0.1) is 0 Å². The van der Waals surface area contributed by atoms with Gasteiger partial charge in [-0.3, -0.25) is 0 Å². The van der Waals surface area contributed by atoms with Crippen molar-refractivity contribution in [1.82, 2.24) is 5.32 Å². The van der Waals surface area contributed by atoms with Crippen LogP contribution in [0.5, 0.6) is 0 Å². The number of thiocarbonyl (C=S) groups is 1. The summed E-state index contributed by atoms with van der Waals surface area (Å²) < 4.78 is 0. The first kappa shape index (κ1) is 11.0. The fourth-order valence-corrected chi connectivity index (χ4v) is 1.39. The van der Waals surface area contributed by atoms with Gasteiger partial charge in [0.15, 0.2) is 5.11 Å². The molecule has 0 saturated heterocycles. The van der Waals surface area contributed by atoms with Crippen LogP contribution in [0.25, 0.3) is 0 Å². The highest BCUT2D eigenvalue weighted by Gasteiger charge is 2.02. The Bertz CT molecular complexity index is 359. The maximum absolute atomic E-state index is 5.05. The minimum Gasteiger partial charge on any atom is -0.366 e. The minimum absolute atomic E-state index is 0.649. The molecule has 0 unspecified atom stereocenters. The molecular formula is C11H16N2S. The van der Waals surface area contributed by atoms with Gasteiger partial charge in [-0.1, -0.05) is 6.07 Å². The molecule has 1 aromatic carbocycles. The lowest BCUT2D eigenvalue weighted by Crippen LogP contribution is -2.24. The highest BCUT2D eigenvalue weighted by molar-refractivity contribution is 7.80. The Morgan fingerprint density at radius 1 is 1.07 bits per heavy atom. The van der Waals surface area contributed by atoms with Crippen LogP contribution in [0, 0.1) is 20.8 Å². The molecule has 3 heteroatoms. The molecule has 0 aromatic heterocycles. The first-order chi connectivity index (χ1) is 6.54. The molecule has 0 aliphatic rings. The number of hydrogen-bond donors (Lipinski definition) is 2. The SMILES string of the molecule is CNC(=S)Nc1cc(C)c(C)cc1C. The zero-order chi connectivity index (χ0) is 10.7. The van der Waals surface area contributed by atoms with E-state index < -0.39 is 0 Å². The normalized spacial score (nSPS) is 9.71. The molecule has 14 heavy (non-hydrogen) atoms. The Kier molecular flexibility index (Phi) is 3.47. The van der Waals surface area contributed by atoms with Crippen LogP contribution < -0.4 is 10.6 Å². The van der Waals surface area contributed by atoms with Crippen molar-refractivity contribution in [2.75, 3.05) is 12.4 Å². The second kappa shape index (κ2) is 4.42. The summed E-state index contributed by atoms with van der Waals surface area (Å²) in [7, 11) is 1.81. The fourth-order valence-electron chi connectivity index (χ4n) is 1.28. The summed E-state index contributed by atoms with van der Waals surface area (Å²) in [6.45, 7) is 6.29. The molecule has 1 aromatic rings. The Morgan fingerprint density at radius 3 is 2.21 bits per heavy atom. The molecule has 0 saturated carbocycles. The molecule has 0 heterocycles. The van der Waals surface area contributed by atoms with Gasteiger partial charge in [-0.2, -0.15) is 0 Å². The highest BCUT2D eigenvalue weighted by Crippen LogP contribution is 2.19. The molecule has 0 radical (unpaired) electrons. The van der Waals surface area contributed by atoms with E-state index in [0.29, 0.717) is 5.11 Å². The smallest absolute Gasteiger partial charge is 0.170 e. The maximum atomic E-state index is 5.05. The van der Waals surface area contributed by atoms with E-state index in [-0.39, 0.29) is 0 Å². The standard InChI is InChI=1S/C11H16N2S/c1-7-5-9(3)10(6-8(7)2)13-11(14)12-4/h5-6H,1-4H3,(H2,12,13,14). The van der Waals surface area contributed by atoms with Crippen LogP contribution in [0.3, 0.4) is 0 Å². The topological polar surface area (TPSA) is 24.1 Å². The van der Waals surface area contributed by atoms with Crippen molar-refractivity contribution in [2.24, 2.45) is 0 Å². The predicted octanol–water partition coefficient (Wildman–Crippen LogP) is 2.53. The van der Waals surface area contributed by atoms with E-state index in [9.17, 15) is 0 Å². The zero-order valence-electron chi connectivity index (χ0n) is 9.06. The molecular weight excluding hydrogens is 192 g/mol. The van der Waals surface area contributed by atoms with E-state index in [1.807, 2.05) is 7.05 Å². The quantitative estimate of drug-likeness (QED) is 0.694. The van der Waals surface area contributed by atoms with Crippen LogP contribution >= 0.6 is 12.2 Å². The second-order valence-electron chi connectivity index (χ2n) is 3.46. The lowest BCUT2D eigenvalue weighted by molar-refractivity contribution is 1.19. The van der Waals surface area contributed by atoms with Gasteiger partial charge < -0.3 is 10.6 Å². The summed E-state index contributed by atoms with van der Waals surface area (Å²) in [6, 6.07) is 4.28. The molecule has 0 spiro atoms. The van der Waals surface area contributed by atoms with Crippen LogP contribution in [-0.4, -0.2) is 12.2 Å². The average molecular weight is 208 g/mol. The molecule has 1 rings (SSSR count). The third-order valence-electron chi connectivity index (χ3n) is 2.32. The Balaban J connectivity index is 2.98. The fraction of sp³-hybridized carbons (Fsp3) is 0.364. The van der Waals surface area contributed by atoms with Crippen LogP contribution in [-0.2, 0) is 0 Å². The Hall–Kier alpha value is -1.09. The molecule has 2 nitrogen and oxygen atoms in total. The zero-order valence-corrected chi connectivity index (χ0v) is 9.88. The van der Waals surface area contributed by atoms with E-state index >= 15 is 0 Å². The summed E-state index contributed by atoms with van der Waals surface area (Å²) in [5.41, 5.74) is 4.87. The van der Waals surface area contributed by atoms with E-state index in [4.69, 9.17) is 12.2 Å². The van der Waals surface area contributed by atoms with Gasteiger partial charge in [0.25, 0.3) is 0 Å². The monoisotopic (exact) mass is 208 g/mol. The first-order valence-corrected chi connectivity index (χ1v) is 5.02. The van der Waals surface area contributed by atoms with Gasteiger partial charge in [-0.05, 0) is 55.7 Å². The lowest BCUT2D eigenvalue weighted by atomic mass is 10.1.